The lowest BCUT2D eigenvalue weighted by molar-refractivity contribution is -0.118. The van der Waals surface area contributed by atoms with Gasteiger partial charge in [0.25, 0.3) is 0 Å². The Balaban J connectivity index is 1.64. The summed E-state index contributed by atoms with van der Waals surface area (Å²) in [7, 11) is -3.89. The number of allylic oxidation sites excluding steroid dienone is 2. The first-order valence-corrected chi connectivity index (χ1v) is 11.0. The highest BCUT2D eigenvalue weighted by atomic mass is 32.2. The highest BCUT2D eigenvalue weighted by Gasteiger charge is 2.55. The molecule has 0 amide bonds. The molecule has 3 fully saturated rings. The number of Topliss-reactive ketones (excluding diaryl/α,β-unsaturated/α-hetero) is 1. The monoisotopic (exact) mass is 367 g/mol. The summed E-state index contributed by atoms with van der Waals surface area (Å²) in [5.41, 5.74) is 3.30. The minimum Gasteiger partial charge on any atom is -0.300 e. The molecule has 0 aliphatic heterocycles. The Kier molecular flexibility index (Phi) is 3.99. The van der Waals surface area contributed by atoms with E-state index in [1.807, 2.05) is 0 Å². The van der Waals surface area contributed by atoms with Gasteiger partial charge < -0.3 is 0 Å². The van der Waals surface area contributed by atoms with Gasteiger partial charge in [-0.25, -0.2) is 5.14 Å². The van der Waals surface area contributed by atoms with Crippen molar-refractivity contribution in [3.05, 3.63) is 11.1 Å². The second-order valence-corrected chi connectivity index (χ2v) is 10.4. The molecule has 0 aromatic heterocycles. The predicted octanol–water partition coefficient (Wildman–Crippen LogP) is 3.25. The van der Waals surface area contributed by atoms with Gasteiger partial charge >= 0.3 is 10.3 Å². The fraction of sp³-hybridized carbons (Fsp3) is 0.842. The van der Waals surface area contributed by atoms with Crippen LogP contribution in [-0.4, -0.2) is 20.3 Å². The Morgan fingerprint density at radius 2 is 1.92 bits per heavy atom. The van der Waals surface area contributed by atoms with Crippen LogP contribution in [0, 0.1) is 22.7 Å². The Hall–Kier alpha value is -0.720. The molecule has 0 aromatic carbocycles. The minimum absolute atomic E-state index is 0.0191. The SMILES string of the molecule is C[C@@]12CC[C@@H]3C(=C1CC[C@H](OS(N)(=O)=O)C2)CC[C@@H]1CC(=O)C[C@]13C. The molecule has 4 rings (SSSR count). The van der Waals surface area contributed by atoms with E-state index >= 15 is 0 Å². The minimum atomic E-state index is -3.89. The lowest BCUT2D eigenvalue weighted by Crippen LogP contribution is -2.44. The molecule has 5 atom stereocenters. The van der Waals surface area contributed by atoms with Crippen molar-refractivity contribution >= 4 is 16.1 Å². The number of nitrogens with two attached hydrogens (primary N) is 1. The van der Waals surface area contributed by atoms with Gasteiger partial charge in [-0.2, -0.15) is 8.42 Å². The van der Waals surface area contributed by atoms with E-state index in [2.05, 4.69) is 13.8 Å². The Morgan fingerprint density at radius 3 is 2.64 bits per heavy atom. The summed E-state index contributed by atoms with van der Waals surface area (Å²) < 4.78 is 27.7. The van der Waals surface area contributed by atoms with Crippen LogP contribution in [0.1, 0.15) is 71.6 Å². The zero-order valence-corrected chi connectivity index (χ0v) is 16.0. The van der Waals surface area contributed by atoms with E-state index in [4.69, 9.17) is 9.32 Å². The van der Waals surface area contributed by atoms with Crippen LogP contribution in [0.25, 0.3) is 0 Å². The number of fused-ring (bicyclic) bond motifs is 4. The van der Waals surface area contributed by atoms with E-state index in [0.717, 1.165) is 57.8 Å². The molecule has 5 nitrogen and oxygen atoms in total. The van der Waals surface area contributed by atoms with Gasteiger partial charge in [0.05, 0.1) is 6.10 Å². The van der Waals surface area contributed by atoms with Gasteiger partial charge in [-0.05, 0) is 67.6 Å². The van der Waals surface area contributed by atoms with Gasteiger partial charge in [0.15, 0.2) is 0 Å². The van der Waals surface area contributed by atoms with Gasteiger partial charge in [0.1, 0.15) is 5.78 Å². The summed E-state index contributed by atoms with van der Waals surface area (Å²) in [5, 5.41) is 5.08. The Bertz CT molecular complexity index is 743. The fourth-order valence-corrected chi connectivity index (χ4v) is 7.17. The summed E-state index contributed by atoms with van der Waals surface area (Å²) in [5.74, 6) is 1.54. The normalized spacial score (nSPS) is 44.3. The third-order valence-corrected chi connectivity index (χ3v) is 8.27. The molecule has 25 heavy (non-hydrogen) atoms. The largest absolute Gasteiger partial charge is 0.333 e. The Morgan fingerprint density at radius 1 is 1.16 bits per heavy atom. The van der Waals surface area contributed by atoms with Crippen LogP contribution in [0.3, 0.4) is 0 Å². The smallest absolute Gasteiger partial charge is 0.300 e. The topological polar surface area (TPSA) is 86.5 Å². The summed E-state index contributed by atoms with van der Waals surface area (Å²) in [6, 6.07) is 0. The molecule has 0 bridgehead atoms. The zero-order valence-electron chi connectivity index (χ0n) is 15.2. The van der Waals surface area contributed by atoms with Crippen LogP contribution in [0.4, 0.5) is 0 Å². The molecule has 140 valence electrons. The van der Waals surface area contributed by atoms with Crippen molar-refractivity contribution in [1.29, 1.82) is 0 Å². The van der Waals surface area contributed by atoms with E-state index in [9.17, 15) is 13.2 Å². The van der Waals surface area contributed by atoms with Gasteiger partial charge in [-0.15, -0.1) is 0 Å². The number of rotatable bonds is 2. The highest BCUT2D eigenvalue weighted by molar-refractivity contribution is 7.84. The van der Waals surface area contributed by atoms with Gasteiger partial charge in [-0.1, -0.05) is 25.0 Å². The highest BCUT2D eigenvalue weighted by Crippen LogP contribution is 2.63. The van der Waals surface area contributed by atoms with Gasteiger partial charge in [-0.3, -0.25) is 8.98 Å². The molecular weight excluding hydrogens is 338 g/mol. The average Bonchev–Trinajstić information content (AvgIpc) is 2.78. The fourth-order valence-electron chi connectivity index (χ4n) is 6.63. The maximum absolute atomic E-state index is 12.1. The lowest BCUT2D eigenvalue weighted by atomic mass is 9.51. The van der Waals surface area contributed by atoms with Gasteiger partial charge in [0.2, 0.25) is 0 Å². The van der Waals surface area contributed by atoms with Crippen molar-refractivity contribution in [2.75, 3.05) is 0 Å². The third-order valence-electron chi connectivity index (χ3n) is 7.73. The summed E-state index contributed by atoms with van der Waals surface area (Å²) in [4.78, 5) is 12.1. The molecule has 0 heterocycles. The summed E-state index contributed by atoms with van der Waals surface area (Å²) in [6.07, 6.45) is 7.97. The molecule has 4 aliphatic carbocycles. The first-order valence-electron chi connectivity index (χ1n) is 9.56. The van der Waals surface area contributed by atoms with E-state index in [1.165, 1.54) is 5.57 Å². The zero-order chi connectivity index (χ0) is 18.0. The molecular formula is C19H29NO4S. The van der Waals surface area contributed by atoms with E-state index in [-0.39, 0.29) is 16.9 Å². The molecule has 4 aliphatic rings. The maximum Gasteiger partial charge on any atom is 0.333 e. The maximum atomic E-state index is 12.1. The van der Waals surface area contributed by atoms with Crippen molar-refractivity contribution in [3.8, 4) is 0 Å². The summed E-state index contributed by atoms with van der Waals surface area (Å²) >= 11 is 0. The van der Waals surface area contributed by atoms with Crippen LogP contribution in [0.15, 0.2) is 11.1 Å². The number of hydrogen-bond acceptors (Lipinski definition) is 4. The number of carbonyl (C=O) groups excluding carboxylic acids is 1. The Labute approximate surface area is 150 Å². The lowest BCUT2D eigenvalue weighted by Gasteiger charge is -2.53. The summed E-state index contributed by atoms with van der Waals surface area (Å²) in [6.45, 7) is 4.60. The molecule has 0 aromatic rings. The molecule has 0 saturated heterocycles. The average molecular weight is 368 g/mol. The third kappa shape index (κ3) is 2.90. The first kappa shape index (κ1) is 17.7. The van der Waals surface area contributed by atoms with Gasteiger partial charge in [0, 0.05) is 12.8 Å². The first-order chi connectivity index (χ1) is 11.6. The van der Waals surface area contributed by atoms with Crippen LogP contribution in [0.2, 0.25) is 0 Å². The molecule has 0 unspecified atom stereocenters. The number of hydrogen-bond donors (Lipinski definition) is 1. The second-order valence-electron chi connectivity index (χ2n) is 9.27. The number of carbonyl (C=O) groups is 1. The standard InChI is InChI=1S/C19H29NO4S/c1-18-8-7-17-15(5-3-12-9-13(21)10-19(12,17)2)16(18)6-4-14(11-18)24-25(20,22)23/h12,14,17H,3-11H2,1-2H3,(H2,20,22,23)/t12-,14+,17-,18+,19-/m1/s1. The van der Waals surface area contributed by atoms with Crippen LogP contribution >= 0.6 is 0 Å². The van der Waals surface area contributed by atoms with Crippen molar-refractivity contribution in [3.63, 3.8) is 0 Å². The molecule has 6 heteroatoms. The molecule has 3 saturated carbocycles. The van der Waals surface area contributed by atoms with Crippen LogP contribution in [-0.2, 0) is 19.3 Å². The van der Waals surface area contributed by atoms with E-state index in [0.29, 0.717) is 17.6 Å². The predicted molar refractivity (Wildman–Crippen MR) is 94.8 cm³/mol. The van der Waals surface area contributed by atoms with Crippen LogP contribution < -0.4 is 5.14 Å². The quantitative estimate of drug-likeness (QED) is 0.759. The van der Waals surface area contributed by atoms with Crippen molar-refractivity contribution < 1.29 is 17.4 Å². The molecule has 2 N–H and O–H groups in total. The second kappa shape index (κ2) is 5.64. The van der Waals surface area contributed by atoms with Crippen LogP contribution in [0.5, 0.6) is 0 Å². The molecule has 0 radical (unpaired) electrons. The van der Waals surface area contributed by atoms with Crippen molar-refractivity contribution in [2.45, 2.75) is 77.7 Å². The number of ketones is 1. The van der Waals surface area contributed by atoms with E-state index in [1.54, 1.807) is 5.57 Å². The molecule has 0 spiro atoms. The van der Waals surface area contributed by atoms with E-state index < -0.39 is 10.3 Å². The van der Waals surface area contributed by atoms with Crippen molar-refractivity contribution in [2.24, 2.45) is 27.8 Å². The van der Waals surface area contributed by atoms with Crippen molar-refractivity contribution in [1.82, 2.24) is 0 Å².